The van der Waals surface area contributed by atoms with Gasteiger partial charge in [-0.1, -0.05) is 30.1 Å². The number of aromatic carboxylic acids is 1. The van der Waals surface area contributed by atoms with E-state index in [1.807, 2.05) is 0 Å². The highest BCUT2D eigenvalue weighted by molar-refractivity contribution is 7.89. The highest BCUT2D eigenvalue weighted by Gasteiger charge is 2.24. The molecule has 1 aromatic rings. The van der Waals surface area contributed by atoms with Crippen LogP contribution in [-0.2, 0) is 10.0 Å². The molecule has 0 aliphatic rings. The number of sulfonamides is 1. The fourth-order valence-corrected chi connectivity index (χ4v) is 3.63. The molecule has 0 radical (unpaired) electrons. The van der Waals surface area contributed by atoms with Crippen molar-refractivity contribution in [3.63, 3.8) is 0 Å². The molecule has 0 saturated carbocycles. The van der Waals surface area contributed by atoms with Crippen LogP contribution < -0.4 is 4.72 Å². The first-order chi connectivity index (χ1) is 9.69. The maximum Gasteiger partial charge on any atom is 0.337 e. The van der Waals surface area contributed by atoms with Crippen LogP contribution >= 0.6 is 23.2 Å². The number of hydrogen-bond donors (Lipinski definition) is 3. The molecular weight excluding hydrogens is 341 g/mol. The van der Waals surface area contributed by atoms with E-state index in [4.69, 9.17) is 33.4 Å². The SMILES string of the molecule is CC(CCO)CNS(=O)(=O)c1cc(Cl)cc(C(=O)O)c1Cl. The summed E-state index contributed by atoms with van der Waals surface area (Å²) in [4.78, 5) is 10.6. The number of nitrogens with one attached hydrogen (secondary N) is 1. The van der Waals surface area contributed by atoms with Crippen molar-refractivity contribution in [3.8, 4) is 0 Å². The van der Waals surface area contributed by atoms with E-state index in [1.54, 1.807) is 6.92 Å². The van der Waals surface area contributed by atoms with Crippen molar-refractivity contribution in [1.29, 1.82) is 0 Å². The molecule has 0 aromatic heterocycles. The van der Waals surface area contributed by atoms with E-state index >= 15 is 0 Å². The molecule has 0 spiro atoms. The molecular formula is C12H15Cl2NO5S. The smallest absolute Gasteiger partial charge is 0.337 e. The van der Waals surface area contributed by atoms with Crippen molar-refractivity contribution in [1.82, 2.24) is 4.72 Å². The Morgan fingerprint density at radius 3 is 2.52 bits per heavy atom. The van der Waals surface area contributed by atoms with Gasteiger partial charge in [0.25, 0.3) is 0 Å². The van der Waals surface area contributed by atoms with E-state index in [1.165, 1.54) is 0 Å². The second-order valence-electron chi connectivity index (χ2n) is 4.54. The Kier molecular flexibility index (Phi) is 6.42. The van der Waals surface area contributed by atoms with E-state index < -0.39 is 21.0 Å². The maximum atomic E-state index is 12.2. The van der Waals surface area contributed by atoms with Crippen molar-refractivity contribution in [2.75, 3.05) is 13.2 Å². The molecule has 1 aromatic carbocycles. The van der Waals surface area contributed by atoms with Gasteiger partial charge in [0, 0.05) is 18.2 Å². The summed E-state index contributed by atoms with van der Waals surface area (Å²) in [6.07, 6.45) is 0.437. The zero-order chi connectivity index (χ0) is 16.2. The number of carboxylic acids is 1. The van der Waals surface area contributed by atoms with Gasteiger partial charge >= 0.3 is 5.97 Å². The first-order valence-corrected chi connectivity index (χ1v) is 8.25. The minimum atomic E-state index is -3.99. The summed E-state index contributed by atoms with van der Waals surface area (Å²) in [6.45, 7) is 1.80. The molecule has 9 heteroatoms. The molecule has 0 fully saturated rings. The molecule has 0 amide bonds. The third-order valence-corrected chi connectivity index (χ3v) is 4.95. The van der Waals surface area contributed by atoms with Crippen molar-refractivity contribution in [2.24, 2.45) is 5.92 Å². The topological polar surface area (TPSA) is 104 Å². The molecule has 0 saturated heterocycles. The third-order valence-electron chi connectivity index (χ3n) is 2.77. The van der Waals surface area contributed by atoms with Crippen LogP contribution in [0.5, 0.6) is 0 Å². The number of rotatable bonds is 7. The lowest BCUT2D eigenvalue weighted by Crippen LogP contribution is -2.29. The zero-order valence-electron chi connectivity index (χ0n) is 11.1. The van der Waals surface area contributed by atoms with Crippen molar-refractivity contribution < 1.29 is 23.4 Å². The van der Waals surface area contributed by atoms with Gasteiger partial charge in [0.05, 0.1) is 10.6 Å². The summed E-state index contributed by atoms with van der Waals surface area (Å²) >= 11 is 11.6. The average molecular weight is 356 g/mol. The number of carbonyl (C=O) groups is 1. The van der Waals surface area contributed by atoms with Crippen molar-refractivity contribution in [2.45, 2.75) is 18.2 Å². The number of benzene rings is 1. The number of aliphatic hydroxyl groups excluding tert-OH is 1. The lowest BCUT2D eigenvalue weighted by atomic mass is 10.1. The summed E-state index contributed by atoms with van der Waals surface area (Å²) in [5.41, 5.74) is -0.382. The minimum Gasteiger partial charge on any atom is -0.478 e. The molecule has 3 N–H and O–H groups in total. The van der Waals surface area contributed by atoms with Crippen molar-refractivity contribution >= 4 is 39.2 Å². The van der Waals surface area contributed by atoms with Crippen LogP contribution in [0.1, 0.15) is 23.7 Å². The molecule has 1 rings (SSSR count). The van der Waals surface area contributed by atoms with Crippen LogP contribution in [0.3, 0.4) is 0 Å². The van der Waals surface area contributed by atoms with Gasteiger partial charge in [-0.15, -0.1) is 0 Å². The Labute approximate surface area is 132 Å². The zero-order valence-corrected chi connectivity index (χ0v) is 13.5. The first kappa shape index (κ1) is 18.2. The van der Waals surface area contributed by atoms with Gasteiger partial charge in [-0.3, -0.25) is 0 Å². The second kappa shape index (κ2) is 7.42. The van der Waals surface area contributed by atoms with E-state index in [9.17, 15) is 13.2 Å². The van der Waals surface area contributed by atoms with Gasteiger partial charge in [-0.25, -0.2) is 17.9 Å². The van der Waals surface area contributed by atoms with Gasteiger partial charge in [0.1, 0.15) is 4.90 Å². The molecule has 1 atom stereocenters. The monoisotopic (exact) mass is 355 g/mol. The Bertz CT molecular complexity index is 633. The lowest BCUT2D eigenvalue weighted by Gasteiger charge is -2.13. The van der Waals surface area contributed by atoms with E-state index in [-0.39, 0.29) is 34.6 Å². The molecule has 118 valence electrons. The predicted molar refractivity (Wildman–Crippen MR) is 79.5 cm³/mol. The van der Waals surface area contributed by atoms with Crippen molar-refractivity contribution in [3.05, 3.63) is 27.7 Å². The van der Waals surface area contributed by atoms with Crippen LogP contribution in [0.25, 0.3) is 0 Å². The van der Waals surface area contributed by atoms with Crippen LogP contribution in [0, 0.1) is 5.92 Å². The summed E-state index contributed by atoms with van der Waals surface area (Å²) in [5, 5.41) is 17.3. The molecule has 0 aliphatic carbocycles. The van der Waals surface area contributed by atoms with Crippen LogP contribution in [0.2, 0.25) is 10.0 Å². The standard InChI is InChI=1S/C12H15Cl2NO5S/c1-7(2-3-16)6-15-21(19,20)10-5-8(13)4-9(11(10)14)12(17)18/h4-5,7,15-16H,2-3,6H2,1H3,(H,17,18). The van der Waals surface area contributed by atoms with E-state index in [0.717, 1.165) is 12.1 Å². The van der Waals surface area contributed by atoms with E-state index in [0.29, 0.717) is 6.42 Å². The fraction of sp³-hybridized carbons (Fsp3) is 0.417. The number of carboxylic acid groups (broad SMARTS) is 1. The van der Waals surface area contributed by atoms with Crippen LogP contribution in [0.15, 0.2) is 17.0 Å². The molecule has 1 unspecified atom stereocenters. The summed E-state index contributed by atoms with van der Waals surface area (Å²) < 4.78 is 26.7. The average Bonchev–Trinajstić information content (AvgIpc) is 2.39. The Hall–Kier alpha value is -0.860. The summed E-state index contributed by atoms with van der Waals surface area (Å²) in [6, 6.07) is 2.18. The number of hydrogen-bond acceptors (Lipinski definition) is 4. The molecule has 6 nitrogen and oxygen atoms in total. The normalized spacial score (nSPS) is 13.1. The van der Waals surface area contributed by atoms with Gasteiger partial charge in [-0.05, 0) is 24.5 Å². The lowest BCUT2D eigenvalue weighted by molar-refractivity contribution is 0.0697. The second-order valence-corrected chi connectivity index (χ2v) is 7.09. The van der Waals surface area contributed by atoms with Gasteiger partial charge in [0.2, 0.25) is 10.0 Å². The molecule has 0 heterocycles. The maximum absolute atomic E-state index is 12.2. The van der Waals surface area contributed by atoms with Gasteiger partial charge in [0.15, 0.2) is 0 Å². The molecule has 0 bridgehead atoms. The first-order valence-electron chi connectivity index (χ1n) is 6.02. The molecule has 21 heavy (non-hydrogen) atoms. The Morgan fingerprint density at radius 1 is 1.38 bits per heavy atom. The highest BCUT2D eigenvalue weighted by atomic mass is 35.5. The fourth-order valence-electron chi connectivity index (χ4n) is 1.57. The number of halogens is 2. The van der Waals surface area contributed by atoms with Gasteiger partial charge < -0.3 is 10.2 Å². The predicted octanol–water partition coefficient (Wildman–Crippen LogP) is 1.99. The quantitative estimate of drug-likeness (QED) is 0.693. The summed E-state index contributed by atoms with van der Waals surface area (Å²) in [5.74, 6) is -1.45. The third kappa shape index (κ3) is 4.82. The van der Waals surface area contributed by atoms with Gasteiger partial charge in [-0.2, -0.15) is 0 Å². The summed E-state index contributed by atoms with van der Waals surface area (Å²) in [7, 11) is -3.99. The molecule has 0 aliphatic heterocycles. The van der Waals surface area contributed by atoms with Crippen LogP contribution in [-0.4, -0.2) is 37.8 Å². The Morgan fingerprint density at radius 2 is 2.00 bits per heavy atom. The Balaban J connectivity index is 3.11. The minimum absolute atomic E-state index is 0.0411. The van der Waals surface area contributed by atoms with E-state index in [2.05, 4.69) is 4.72 Å². The largest absolute Gasteiger partial charge is 0.478 e. The number of aliphatic hydroxyl groups is 1. The van der Waals surface area contributed by atoms with Crippen LogP contribution in [0.4, 0.5) is 0 Å². The highest BCUT2D eigenvalue weighted by Crippen LogP contribution is 2.29.